The first-order valence-electron chi connectivity index (χ1n) is 7.55. The predicted molar refractivity (Wildman–Crippen MR) is 107 cm³/mol. The molecule has 0 rings (SSSR count). The number of carboxylic acids is 1. The lowest BCUT2D eigenvalue weighted by atomic mass is 10.2. The smallest absolute Gasteiger partial charge is 0.320 e. The van der Waals surface area contributed by atoms with Crippen LogP contribution in [-0.4, -0.2) is 85.7 Å². The van der Waals surface area contributed by atoms with Crippen LogP contribution in [0.25, 0.3) is 0 Å². The third-order valence-corrected chi connectivity index (χ3v) is 4.99. The molecule has 0 aromatic heterocycles. The molecule has 0 amide bonds. The van der Waals surface area contributed by atoms with Crippen molar-refractivity contribution in [2.75, 3.05) is 57.4 Å². The maximum Gasteiger partial charge on any atom is 0.320 e. The van der Waals surface area contributed by atoms with Gasteiger partial charge in [0.2, 0.25) is 0 Å². The lowest BCUT2D eigenvalue weighted by Crippen LogP contribution is -2.31. The van der Waals surface area contributed by atoms with Gasteiger partial charge in [-0.2, -0.15) is 13.5 Å². The molecule has 10 heteroatoms. The van der Waals surface area contributed by atoms with Crippen molar-refractivity contribution in [3.05, 3.63) is 0 Å². The van der Waals surface area contributed by atoms with E-state index in [0.29, 0.717) is 45.2 Å². The van der Waals surface area contributed by atoms with Gasteiger partial charge in [0.25, 0.3) is 0 Å². The minimum atomic E-state index is -0.975. The number of aliphatic hydroxyl groups excluding tert-OH is 1. The summed E-state index contributed by atoms with van der Waals surface area (Å²) in [7, 11) is -0.433. The summed E-state index contributed by atoms with van der Waals surface area (Å²) in [6.07, 6.45) is 1.95. The Labute approximate surface area is 160 Å². The lowest BCUT2D eigenvalue weighted by molar-refractivity contribution is -0.138. The van der Waals surface area contributed by atoms with E-state index in [4.69, 9.17) is 25.1 Å². The Kier molecular flexibility index (Phi) is 23.7. The summed E-state index contributed by atoms with van der Waals surface area (Å²) in [5.74, 6) is 0.393. The highest BCUT2D eigenvalue weighted by Gasteiger charge is 2.14. The van der Waals surface area contributed by atoms with E-state index in [1.807, 2.05) is 13.2 Å². The highest BCUT2D eigenvalue weighted by molar-refractivity contribution is 8.16. The number of aliphatic hydroxyl groups is 1. The second-order valence-corrected chi connectivity index (χ2v) is 7.56. The van der Waals surface area contributed by atoms with Crippen molar-refractivity contribution in [2.24, 2.45) is 5.73 Å². The SMILES string of the molecule is CCOCCOCCOCC(O)C[SH](C)CC[C@H](N)C(=O)O.Cl.S. The number of hydrogen-bond acceptors (Lipinski definition) is 6. The fraction of sp³-hybridized carbons (Fsp3) is 0.929. The number of halogens is 1. The first-order chi connectivity index (χ1) is 10.5. The minimum absolute atomic E-state index is 0. The molecule has 0 radical (unpaired) electrons. The summed E-state index contributed by atoms with van der Waals surface area (Å²) < 4.78 is 15.8. The molecule has 0 aliphatic rings. The minimum Gasteiger partial charge on any atom is -0.480 e. The van der Waals surface area contributed by atoms with E-state index in [1.165, 1.54) is 0 Å². The van der Waals surface area contributed by atoms with E-state index in [2.05, 4.69) is 0 Å². The summed E-state index contributed by atoms with van der Waals surface area (Å²) in [5.41, 5.74) is 5.45. The Hall–Kier alpha value is 0.260. The highest BCUT2D eigenvalue weighted by Crippen LogP contribution is 2.22. The van der Waals surface area contributed by atoms with Gasteiger partial charge in [-0.1, -0.05) is 0 Å². The molecule has 0 aliphatic heterocycles. The zero-order valence-corrected chi connectivity index (χ0v) is 17.2. The van der Waals surface area contributed by atoms with Crippen LogP contribution in [0.5, 0.6) is 0 Å². The molecule has 4 N–H and O–H groups in total. The van der Waals surface area contributed by atoms with Gasteiger partial charge in [0.1, 0.15) is 6.04 Å². The molecule has 0 aromatic rings. The van der Waals surface area contributed by atoms with E-state index in [9.17, 15) is 9.90 Å². The third kappa shape index (κ3) is 18.6. The van der Waals surface area contributed by atoms with Gasteiger partial charge in [0.15, 0.2) is 0 Å². The molecule has 0 heterocycles. The van der Waals surface area contributed by atoms with Crippen molar-refractivity contribution in [1.82, 2.24) is 0 Å². The molecule has 0 bridgehead atoms. The van der Waals surface area contributed by atoms with Crippen molar-refractivity contribution in [3.63, 3.8) is 0 Å². The molecule has 24 heavy (non-hydrogen) atoms. The number of hydrogen-bond donors (Lipinski definition) is 4. The first kappa shape index (κ1) is 29.0. The van der Waals surface area contributed by atoms with Crippen LogP contribution in [0.15, 0.2) is 0 Å². The predicted octanol–water partition coefficient (Wildman–Crippen LogP) is 0.385. The second kappa shape index (κ2) is 19.6. The van der Waals surface area contributed by atoms with Gasteiger partial charge in [0.05, 0.1) is 39.1 Å². The van der Waals surface area contributed by atoms with Gasteiger partial charge in [-0.25, -0.2) is 0 Å². The summed E-state index contributed by atoms with van der Waals surface area (Å²) >= 11 is 0. The van der Waals surface area contributed by atoms with Gasteiger partial charge in [-0.05, 0) is 25.4 Å². The Morgan fingerprint density at radius 3 is 2.25 bits per heavy atom. The Morgan fingerprint density at radius 1 is 1.17 bits per heavy atom. The molecule has 0 saturated carbocycles. The topological polar surface area (TPSA) is 111 Å². The van der Waals surface area contributed by atoms with Gasteiger partial charge in [-0.15, -0.1) is 12.4 Å². The van der Waals surface area contributed by atoms with Crippen LogP contribution in [0.2, 0.25) is 0 Å². The van der Waals surface area contributed by atoms with Crippen molar-refractivity contribution < 1.29 is 29.2 Å². The van der Waals surface area contributed by atoms with Gasteiger partial charge >= 0.3 is 5.97 Å². The standard InChI is InChI=1S/C14H31NO6S.ClH.H2S/c1-3-19-5-6-20-7-8-21-10-12(16)11-22(2)9-4-13(15)14(17)18;;/h12-13,16,22H,3-11,15H2,1-2H3,(H,17,18);1H;1H2/t12?,13-;;/m0../s1. The number of rotatable bonds is 15. The number of ether oxygens (including phenoxy) is 3. The van der Waals surface area contributed by atoms with Crippen molar-refractivity contribution >= 4 is 42.8 Å². The van der Waals surface area contributed by atoms with Crippen molar-refractivity contribution in [1.29, 1.82) is 0 Å². The number of carbonyl (C=O) groups is 1. The van der Waals surface area contributed by atoms with E-state index in [-0.39, 0.29) is 32.5 Å². The third-order valence-electron chi connectivity index (χ3n) is 2.92. The molecule has 150 valence electrons. The Balaban J connectivity index is -0.00000220. The number of thiol groups is 1. The summed E-state index contributed by atoms with van der Waals surface area (Å²) in [5, 5.41) is 18.6. The summed E-state index contributed by atoms with van der Waals surface area (Å²) in [6, 6.07) is -0.813. The zero-order valence-electron chi connectivity index (χ0n) is 14.5. The average Bonchev–Trinajstić information content (AvgIpc) is 2.47. The fourth-order valence-corrected chi connectivity index (χ4v) is 3.41. The molecule has 0 aliphatic carbocycles. The van der Waals surface area contributed by atoms with E-state index < -0.39 is 29.0 Å². The van der Waals surface area contributed by atoms with Crippen molar-refractivity contribution in [3.8, 4) is 0 Å². The Bertz CT molecular complexity index is 292. The van der Waals surface area contributed by atoms with Crippen LogP contribution in [0.3, 0.4) is 0 Å². The molecule has 3 atom stereocenters. The van der Waals surface area contributed by atoms with E-state index in [0.717, 1.165) is 5.75 Å². The number of nitrogens with two attached hydrogens (primary N) is 1. The molecule has 0 saturated heterocycles. The molecular formula is C14H34ClNO6S2. The van der Waals surface area contributed by atoms with Crippen LogP contribution in [0.1, 0.15) is 13.3 Å². The maximum absolute atomic E-state index is 10.6. The summed E-state index contributed by atoms with van der Waals surface area (Å²) in [6.45, 7) is 4.93. The fourth-order valence-electron chi connectivity index (χ4n) is 1.69. The normalized spacial score (nSPS) is 14.9. The highest BCUT2D eigenvalue weighted by atomic mass is 35.5. The lowest BCUT2D eigenvalue weighted by Gasteiger charge is -2.20. The average molecular weight is 412 g/mol. The van der Waals surface area contributed by atoms with Crippen LogP contribution in [0.4, 0.5) is 0 Å². The molecule has 7 nitrogen and oxygen atoms in total. The van der Waals surface area contributed by atoms with Crippen molar-refractivity contribution in [2.45, 2.75) is 25.5 Å². The summed E-state index contributed by atoms with van der Waals surface area (Å²) in [4.78, 5) is 10.6. The van der Waals surface area contributed by atoms with Crippen LogP contribution in [0, 0.1) is 0 Å². The van der Waals surface area contributed by atoms with Crippen LogP contribution in [-0.2, 0) is 19.0 Å². The second-order valence-electron chi connectivity index (χ2n) is 5.03. The number of aliphatic carboxylic acids is 1. The quantitative estimate of drug-likeness (QED) is 0.228. The van der Waals surface area contributed by atoms with E-state index in [1.54, 1.807) is 0 Å². The number of carboxylic acid groups (broad SMARTS) is 1. The molecule has 2 unspecified atom stereocenters. The molecule has 0 spiro atoms. The molecule has 0 fully saturated rings. The maximum atomic E-state index is 10.6. The largest absolute Gasteiger partial charge is 0.480 e. The molecule has 0 aromatic carbocycles. The Morgan fingerprint density at radius 2 is 1.71 bits per heavy atom. The van der Waals surface area contributed by atoms with E-state index >= 15 is 0 Å². The monoisotopic (exact) mass is 411 g/mol. The van der Waals surface area contributed by atoms with Crippen LogP contribution < -0.4 is 5.73 Å². The first-order valence-corrected chi connectivity index (χ1v) is 9.71. The van der Waals surface area contributed by atoms with Gasteiger partial charge in [0, 0.05) is 12.4 Å². The molecular weight excluding hydrogens is 378 g/mol. The van der Waals surface area contributed by atoms with Crippen LogP contribution >= 0.6 is 36.8 Å². The van der Waals surface area contributed by atoms with Gasteiger partial charge < -0.3 is 30.2 Å². The zero-order chi connectivity index (χ0) is 16.8. The van der Waals surface area contributed by atoms with Gasteiger partial charge in [-0.3, -0.25) is 15.7 Å².